The van der Waals surface area contributed by atoms with Gasteiger partial charge in [-0.15, -0.1) is 0 Å². The van der Waals surface area contributed by atoms with Gasteiger partial charge in [0.2, 0.25) is 10.0 Å². The molecule has 2 aromatic rings. The van der Waals surface area contributed by atoms with Crippen molar-refractivity contribution < 1.29 is 17.7 Å². The van der Waals surface area contributed by atoms with Crippen LogP contribution in [0.4, 0.5) is 0 Å². The maximum Gasteiger partial charge on any atom is 0.247 e. The van der Waals surface area contributed by atoms with Crippen molar-refractivity contribution in [3.05, 3.63) is 41.3 Å². The summed E-state index contributed by atoms with van der Waals surface area (Å²) in [5.41, 5.74) is 2.04. The second-order valence-electron chi connectivity index (χ2n) is 8.80. The van der Waals surface area contributed by atoms with E-state index in [1.54, 1.807) is 22.5 Å². The van der Waals surface area contributed by atoms with E-state index in [2.05, 4.69) is 23.9 Å². The maximum absolute atomic E-state index is 13.6. The van der Waals surface area contributed by atoms with Crippen molar-refractivity contribution in [2.75, 3.05) is 19.6 Å². The highest BCUT2D eigenvalue weighted by Gasteiger charge is 2.43. The Morgan fingerprint density at radius 1 is 1.17 bits per heavy atom. The number of sulfonamides is 1. The van der Waals surface area contributed by atoms with Crippen LogP contribution in [0, 0.1) is 19.8 Å². The number of hydrogen-bond donors (Lipinski definition) is 0. The van der Waals surface area contributed by atoms with Crippen LogP contribution in [0.2, 0.25) is 0 Å². The Morgan fingerprint density at radius 2 is 1.90 bits per heavy atom. The van der Waals surface area contributed by atoms with Gasteiger partial charge >= 0.3 is 0 Å². The summed E-state index contributed by atoms with van der Waals surface area (Å²) in [6.45, 7) is 10.9. The average Bonchev–Trinajstić information content (AvgIpc) is 2.86. The molecule has 0 saturated carbocycles. The zero-order valence-electron chi connectivity index (χ0n) is 18.2. The Kier molecular flexibility index (Phi) is 5.92. The number of nitrogens with zero attached hydrogens (tertiary/aromatic N) is 3. The molecular formula is C22H31N3O4S. The van der Waals surface area contributed by atoms with Crippen LogP contribution in [0.1, 0.15) is 43.7 Å². The molecule has 0 radical (unpaired) electrons. The SMILES string of the molecule is Cc1noc(C)c1CN1CC[C@@H]2[C@@H](CC1)Oc1ccccc1S(=O)(=O)N2CC(C)C. The van der Waals surface area contributed by atoms with Crippen molar-refractivity contribution in [1.29, 1.82) is 0 Å². The molecule has 7 nitrogen and oxygen atoms in total. The Balaban J connectivity index is 1.64. The summed E-state index contributed by atoms with van der Waals surface area (Å²) in [6.07, 6.45) is 1.33. The number of benzene rings is 1. The second kappa shape index (κ2) is 8.32. The zero-order chi connectivity index (χ0) is 21.5. The van der Waals surface area contributed by atoms with Crippen LogP contribution >= 0.6 is 0 Å². The van der Waals surface area contributed by atoms with Crippen molar-refractivity contribution in [2.45, 2.75) is 64.1 Å². The lowest BCUT2D eigenvalue weighted by atomic mass is 10.0. The van der Waals surface area contributed by atoms with Gasteiger partial charge < -0.3 is 9.26 Å². The van der Waals surface area contributed by atoms with Crippen LogP contribution in [0.5, 0.6) is 5.75 Å². The minimum absolute atomic E-state index is 0.170. The second-order valence-corrected chi connectivity index (χ2v) is 10.7. The first-order valence-electron chi connectivity index (χ1n) is 10.7. The van der Waals surface area contributed by atoms with Gasteiger partial charge in [-0.1, -0.05) is 31.1 Å². The standard InChI is InChI=1S/C22H31N3O4S/c1-15(2)13-25-19-9-11-24(14-18-16(3)23-29-17(18)4)12-10-20(19)28-21-7-5-6-8-22(21)30(25,26)27/h5-8,15,19-20H,9-14H2,1-4H3/t19-,20-/m1/s1. The largest absolute Gasteiger partial charge is 0.487 e. The molecule has 0 bridgehead atoms. The van der Waals surface area contributed by atoms with Crippen LogP contribution in [-0.4, -0.2) is 54.6 Å². The van der Waals surface area contributed by atoms with Crippen LogP contribution in [0.15, 0.2) is 33.7 Å². The topological polar surface area (TPSA) is 75.9 Å². The highest BCUT2D eigenvalue weighted by molar-refractivity contribution is 7.89. The quantitative estimate of drug-likeness (QED) is 0.736. The Labute approximate surface area is 179 Å². The number of aryl methyl sites for hydroxylation is 2. The van der Waals surface area contributed by atoms with Crippen LogP contribution in [-0.2, 0) is 16.6 Å². The predicted octanol–water partition coefficient (Wildman–Crippen LogP) is 3.36. The summed E-state index contributed by atoms with van der Waals surface area (Å²) in [4.78, 5) is 2.64. The van der Waals surface area contributed by atoms with Crippen LogP contribution in [0.3, 0.4) is 0 Å². The first kappa shape index (κ1) is 21.3. The molecule has 1 saturated heterocycles. The number of hydrogen-bond acceptors (Lipinski definition) is 6. The summed E-state index contributed by atoms with van der Waals surface area (Å²) in [5, 5.41) is 4.06. The number of fused-ring (bicyclic) bond motifs is 2. The van der Waals surface area contributed by atoms with Gasteiger partial charge in [0.1, 0.15) is 22.5 Å². The van der Waals surface area contributed by atoms with E-state index in [-0.39, 0.29) is 23.0 Å². The lowest BCUT2D eigenvalue weighted by Gasteiger charge is -2.32. The van der Waals surface area contributed by atoms with Gasteiger partial charge in [-0.25, -0.2) is 8.42 Å². The van der Waals surface area contributed by atoms with Crippen LogP contribution in [0.25, 0.3) is 0 Å². The molecule has 0 amide bonds. The lowest BCUT2D eigenvalue weighted by Crippen LogP contribution is -2.48. The summed E-state index contributed by atoms with van der Waals surface area (Å²) < 4.78 is 40.5. The monoisotopic (exact) mass is 433 g/mol. The highest BCUT2D eigenvalue weighted by Crippen LogP contribution is 2.37. The maximum atomic E-state index is 13.6. The molecule has 2 atom stereocenters. The average molecular weight is 434 g/mol. The highest BCUT2D eigenvalue weighted by atomic mass is 32.2. The molecule has 2 aliphatic heterocycles. The molecule has 1 fully saturated rings. The van der Waals surface area contributed by atoms with Gasteiger partial charge in [-0.3, -0.25) is 4.90 Å². The minimum atomic E-state index is -3.62. The normalized spacial score (nSPS) is 24.6. The smallest absolute Gasteiger partial charge is 0.247 e. The number of likely N-dealkylation sites (tertiary alicyclic amines) is 1. The fourth-order valence-electron chi connectivity index (χ4n) is 4.51. The van der Waals surface area contributed by atoms with Crippen molar-refractivity contribution in [3.63, 3.8) is 0 Å². The molecular weight excluding hydrogens is 402 g/mol. The van der Waals surface area contributed by atoms with Crippen molar-refractivity contribution >= 4 is 10.0 Å². The molecule has 3 heterocycles. The number of para-hydroxylation sites is 1. The fourth-order valence-corrected chi connectivity index (χ4v) is 6.48. The lowest BCUT2D eigenvalue weighted by molar-refractivity contribution is 0.108. The first-order chi connectivity index (χ1) is 14.3. The van der Waals surface area contributed by atoms with E-state index in [0.29, 0.717) is 12.3 Å². The van der Waals surface area contributed by atoms with E-state index >= 15 is 0 Å². The molecule has 30 heavy (non-hydrogen) atoms. The van der Waals surface area contributed by atoms with E-state index in [1.807, 2.05) is 19.9 Å². The van der Waals surface area contributed by atoms with Gasteiger partial charge in [-0.05, 0) is 44.7 Å². The predicted molar refractivity (Wildman–Crippen MR) is 114 cm³/mol. The van der Waals surface area contributed by atoms with E-state index in [0.717, 1.165) is 49.5 Å². The molecule has 0 unspecified atom stereocenters. The zero-order valence-corrected chi connectivity index (χ0v) is 19.0. The first-order valence-corrected chi connectivity index (χ1v) is 12.1. The Morgan fingerprint density at radius 3 is 2.60 bits per heavy atom. The summed E-state index contributed by atoms with van der Waals surface area (Å²) in [6, 6.07) is 6.85. The third kappa shape index (κ3) is 4.00. The number of rotatable bonds is 4. The van der Waals surface area contributed by atoms with Gasteiger partial charge in [-0.2, -0.15) is 4.31 Å². The summed E-state index contributed by atoms with van der Waals surface area (Å²) in [7, 11) is -3.62. The third-order valence-electron chi connectivity index (χ3n) is 6.09. The van der Waals surface area contributed by atoms with Crippen molar-refractivity contribution in [2.24, 2.45) is 5.92 Å². The van der Waals surface area contributed by atoms with E-state index in [1.165, 1.54) is 0 Å². The fraction of sp³-hybridized carbons (Fsp3) is 0.591. The van der Waals surface area contributed by atoms with E-state index in [4.69, 9.17) is 9.26 Å². The van der Waals surface area contributed by atoms with Gasteiger partial charge in [0.15, 0.2) is 0 Å². The molecule has 1 aromatic carbocycles. The molecule has 0 aliphatic carbocycles. The molecule has 2 aliphatic rings. The van der Waals surface area contributed by atoms with Crippen molar-refractivity contribution in [1.82, 2.24) is 14.4 Å². The molecule has 8 heteroatoms. The van der Waals surface area contributed by atoms with Gasteiger partial charge in [0, 0.05) is 31.7 Å². The van der Waals surface area contributed by atoms with Crippen LogP contribution < -0.4 is 4.74 Å². The van der Waals surface area contributed by atoms with Gasteiger partial charge in [0.25, 0.3) is 0 Å². The van der Waals surface area contributed by atoms with Crippen molar-refractivity contribution in [3.8, 4) is 5.75 Å². The van der Waals surface area contributed by atoms with E-state index < -0.39 is 10.0 Å². The Bertz CT molecular complexity index is 982. The number of ether oxygens (including phenoxy) is 1. The molecule has 0 spiro atoms. The summed E-state index contributed by atoms with van der Waals surface area (Å²) in [5.74, 6) is 1.55. The van der Waals surface area contributed by atoms with E-state index in [9.17, 15) is 8.42 Å². The molecule has 0 N–H and O–H groups in total. The van der Waals surface area contributed by atoms with Gasteiger partial charge in [0.05, 0.1) is 11.7 Å². The molecule has 4 rings (SSSR count). The summed E-state index contributed by atoms with van der Waals surface area (Å²) >= 11 is 0. The molecule has 1 aromatic heterocycles. The Hall–Kier alpha value is -1.90. The molecule has 164 valence electrons. The third-order valence-corrected chi connectivity index (χ3v) is 8.02. The number of aromatic nitrogens is 1. The minimum Gasteiger partial charge on any atom is -0.487 e.